The molecule has 1 aliphatic heterocycles. The molecule has 8 heteroatoms. The molecule has 8 nitrogen and oxygen atoms in total. The van der Waals surface area contributed by atoms with Crippen molar-refractivity contribution in [1.82, 2.24) is 5.32 Å². The zero-order valence-electron chi connectivity index (χ0n) is 15.7. The van der Waals surface area contributed by atoms with E-state index in [1.165, 1.54) is 4.90 Å². The normalized spacial score (nSPS) is 15.2. The van der Waals surface area contributed by atoms with Crippen LogP contribution in [0.2, 0.25) is 0 Å². The Morgan fingerprint density at radius 1 is 1.41 bits per heavy atom. The van der Waals surface area contributed by atoms with E-state index in [4.69, 9.17) is 9.47 Å². The van der Waals surface area contributed by atoms with Gasteiger partial charge in [0.15, 0.2) is 13.2 Å². The van der Waals surface area contributed by atoms with Crippen molar-refractivity contribution in [2.45, 2.75) is 32.7 Å². The molecule has 1 N–H and O–H groups in total. The van der Waals surface area contributed by atoms with Crippen molar-refractivity contribution in [3.63, 3.8) is 0 Å². The number of hydrogen-bond donors (Lipinski definition) is 1. The number of carbonyl (C=O) groups excluding carboxylic acids is 3. The van der Waals surface area contributed by atoms with Crippen LogP contribution in [0.25, 0.3) is 0 Å². The number of amides is 2. The number of nitriles is 1. The van der Waals surface area contributed by atoms with Crippen LogP contribution in [0, 0.1) is 17.2 Å². The summed E-state index contributed by atoms with van der Waals surface area (Å²) < 4.78 is 10.3. The Bertz CT molecular complexity index is 771. The summed E-state index contributed by atoms with van der Waals surface area (Å²) in [5, 5.41) is 11.8. The van der Waals surface area contributed by atoms with Crippen molar-refractivity contribution in [3.8, 4) is 11.8 Å². The molecule has 0 spiro atoms. The van der Waals surface area contributed by atoms with Gasteiger partial charge >= 0.3 is 5.97 Å². The molecule has 27 heavy (non-hydrogen) atoms. The predicted molar refractivity (Wildman–Crippen MR) is 96.9 cm³/mol. The van der Waals surface area contributed by atoms with Crippen LogP contribution in [0.1, 0.15) is 27.2 Å². The minimum atomic E-state index is -1.03. The van der Waals surface area contributed by atoms with E-state index < -0.39 is 24.0 Å². The fraction of sp³-hybridized carbons (Fsp3) is 0.474. The third-order valence-electron chi connectivity index (χ3n) is 4.50. The van der Waals surface area contributed by atoms with E-state index in [1.54, 1.807) is 31.2 Å². The summed E-state index contributed by atoms with van der Waals surface area (Å²) in [5.41, 5.74) is -0.436. The van der Waals surface area contributed by atoms with Crippen molar-refractivity contribution in [1.29, 1.82) is 5.26 Å². The van der Waals surface area contributed by atoms with Gasteiger partial charge in [-0.1, -0.05) is 26.0 Å². The summed E-state index contributed by atoms with van der Waals surface area (Å²) in [4.78, 5) is 37.4. The van der Waals surface area contributed by atoms with Crippen molar-refractivity contribution < 1.29 is 23.9 Å². The number of hydrogen-bond acceptors (Lipinski definition) is 6. The lowest BCUT2D eigenvalue weighted by Gasteiger charge is -2.29. The van der Waals surface area contributed by atoms with Gasteiger partial charge in [-0.05, 0) is 25.0 Å². The van der Waals surface area contributed by atoms with Gasteiger partial charge in [-0.25, -0.2) is 0 Å². The van der Waals surface area contributed by atoms with Crippen molar-refractivity contribution in [3.05, 3.63) is 24.3 Å². The first-order chi connectivity index (χ1) is 12.8. The largest absolute Gasteiger partial charge is 0.482 e. The van der Waals surface area contributed by atoms with E-state index in [0.29, 0.717) is 11.4 Å². The average molecular weight is 373 g/mol. The second-order valence-electron chi connectivity index (χ2n) is 6.73. The van der Waals surface area contributed by atoms with Gasteiger partial charge in [0.1, 0.15) is 11.3 Å². The minimum absolute atomic E-state index is 0.0624. The first kappa shape index (κ1) is 20.2. The molecule has 1 aliphatic rings. The van der Waals surface area contributed by atoms with Crippen LogP contribution in [0.15, 0.2) is 24.3 Å². The van der Waals surface area contributed by atoms with Crippen LogP contribution in [0.5, 0.6) is 5.75 Å². The highest BCUT2D eigenvalue weighted by atomic mass is 16.5. The lowest BCUT2D eigenvalue weighted by Crippen LogP contribution is -2.50. The topological polar surface area (TPSA) is 109 Å². The first-order valence-electron chi connectivity index (χ1n) is 8.67. The molecule has 0 saturated carbocycles. The Morgan fingerprint density at radius 3 is 2.78 bits per heavy atom. The second-order valence-corrected chi connectivity index (χ2v) is 6.73. The Hall–Kier alpha value is -3.08. The number of nitrogens with zero attached hydrogens (tertiary/aromatic N) is 2. The third kappa shape index (κ3) is 4.97. The summed E-state index contributed by atoms with van der Waals surface area (Å²) >= 11 is 0. The molecule has 2 rings (SSSR count). The number of benzene rings is 1. The predicted octanol–water partition coefficient (Wildman–Crippen LogP) is 1.40. The highest BCUT2D eigenvalue weighted by Gasteiger charge is 2.30. The van der Waals surface area contributed by atoms with Crippen LogP contribution < -0.4 is 15.0 Å². The Labute approximate surface area is 158 Å². The van der Waals surface area contributed by atoms with Gasteiger partial charge in [0.25, 0.3) is 11.8 Å². The average Bonchev–Trinajstić information content (AvgIpc) is 2.65. The number of rotatable bonds is 7. The third-order valence-corrected chi connectivity index (χ3v) is 4.50. The quantitative estimate of drug-likeness (QED) is 0.724. The highest BCUT2D eigenvalue weighted by molar-refractivity contribution is 5.98. The molecule has 0 aromatic heterocycles. The number of anilines is 1. The molecule has 0 saturated heterocycles. The van der Waals surface area contributed by atoms with E-state index >= 15 is 0 Å². The molecule has 1 aromatic rings. The second kappa shape index (κ2) is 8.54. The molecular formula is C19H23N3O5. The van der Waals surface area contributed by atoms with Crippen LogP contribution in [0.4, 0.5) is 5.69 Å². The minimum Gasteiger partial charge on any atom is -0.482 e. The van der Waals surface area contributed by atoms with E-state index in [1.807, 2.05) is 13.8 Å². The number of carbonyl (C=O) groups is 3. The molecule has 1 aromatic carbocycles. The van der Waals surface area contributed by atoms with E-state index in [-0.39, 0.29) is 31.4 Å². The van der Waals surface area contributed by atoms with Crippen LogP contribution in [0.3, 0.4) is 0 Å². The fourth-order valence-electron chi connectivity index (χ4n) is 2.45. The SMILES string of the molecule is CC(C)[C@](C)(C#N)NC(=O)COC(=O)CCN1C(=O)COc2ccccc21. The lowest BCUT2D eigenvalue weighted by atomic mass is 9.90. The van der Waals surface area contributed by atoms with Crippen LogP contribution >= 0.6 is 0 Å². The number of fused-ring (bicyclic) bond motifs is 1. The van der Waals surface area contributed by atoms with Crippen molar-refractivity contribution in [2.75, 3.05) is 24.7 Å². The molecule has 2 amide bonds. The number of ether oxygens (including phenoxy) is 2. The highest BCUT2D eigenvalue weighted by Crippen LogP contribution is 2.31. The fourth-order valence-corrected chi connectivity index (χ4v) is 2.45. The number of esters is 1. The molecule has 0 aliphatic carbocycles. The Balaban J connectivity index is 1.84. The Morgan fingerprint density at radius 2 is 2.11 bits per heavy atom. The van der Waals surface area contributed by atoms with Crippen LogP contribution in [-0.2, 0) is 19.1 Å². The maximum atomic E-state index is 12.0. The summed E-state index contributed by atoms with van der Waals surface area (Å²) in [6.45, 7) is 4.80. The molecule has 1 atom stereocenters. The lowest BCUT2D eigenvalue weighted by molar-refractivity contribution is -0.148. The Kier molecular flexibility index (Phi) is 6.40. The molecule has 0 unspecified atom stereocenters. The number of para-hydroxylation sites is 2. The first-order valence-corrected chi connectivity index (χ1v) is 8.67. The molecule has 1 heterocycles. The molecule has 144 valence electrons. The molecule has 0 radical (unpaired) electrons. The zero-order chi connectivity index (χ0) is 20.0. The van der Waals surface area contributed by atoms with E-state index in [2.05, 4.69) is 11.4 Å². The molecular weight excluding hydrogens is 350 g/mol. The van der Waals surface area contributed by atoms with Gasteiger partial charge in [0, 0.05) is 6.54 Å². The standard InChI is InChI=1S/C19H23N3O5/c1-13(2)19(3,12-20)21-16(23)10-27-18(25)8-9-22-14-6-4-5-7-15(14)26-11-17(22)24/h4-7,13H,8-11H2,1-3H3,(H,21,23)/t19-/m0/s1. The van der Waals surface area contributed by atoms with Crippen LogP contribution in [-0.4, -0.2) is 43.1 Å². The molecule has 0 fully saturated rings. The maximum absolute atomic E-state index is 12.0. The number of nitrogens with one attached hydrogen (secondary N) is 1. The van der Waals surface area contributed by atoms with Gasteiger partial charge in [-0.2, -0.15) is 5.26 Å². The maximum Gasteiger partial charge on any atom is 0.308 e. The van der Waals surface area contributed by atoms with E-state index in [0.717, 1.165) is 0 Å². The summed E-state index contributed by atoms with van der Waals surface area (Å²) in [7, 11) is 0. The van der Waals surface area contributed by atoms with Gasteiger partial charge in [0.2, 0.25) is 0 Å². The summed E-state index contributed by atoms with van der Waals surface area (Å²) in [6.07, 6.45) is -0.0624. The monoisotopic (exact) mass is 373 g/mol. The van der Waals surface area contributed by atoms with Gasteiger partial charge in [-0.3, -0.25) is 14.4 Å². The molecule has 0 bridgehead atoms. The summed E-state index contributed by atoms with van der Waals surface area (Å²) in [6, 6.07) is 9.11. The van der Waals surface area contributed by atoms with Gasteiger partial charge < -0.3 is 19.7 Å². The van der Waals surface area contributed by atoms with Crippen molar-refractivity contribution >= 4 is 23.5 Å². The van der Waals surface area contributed by atoms with E-state index in [9.17, 15) is 19.6 Å². The van der Waals surface area contributed by atoms with Crippen molar-refractivity contribution in [2.24, 2.45) is 5.92 Å². The smallest absolute Gasteiger partial charge is 0.308 e. The zero-order valence-corrected chi connectivity index (χ0v) is 15.7. The van der Waals surface area contributed by atoms with Gasteiger partial charge in [0.05, 0.1) is 18.2 Å². The summed E-state index contributed by atoms with van der Waals surface area (Å²) in [5.74, 6) is -0.927. The van der Waals surface area contributed by atoms with Gasteiger partial charge in [-0.15, -0.1) is 0 Å².